The van der Waals surface area contributed by atoms with Crippen LogP contribution in [0.25, 0.3) is 0 Å². The van der Waals surface area contributed by atoms with Crippen LogP contribution >= 0.6 is 11.8 Å². The number of carbonyl (C=O) groups excluding carboxylic acids is 2. The van der Waals surface area contributed by atoms with Gasteiger partial charge >= 0.3 is 0 Å². The lowest BCUT2D eigenvalue weighted by molar-refractivity contribution is -0.114. The molecule has 0 saturated carbocycles. The monoisotopic (exact) mass is 346 g/mol. The van der Waals surface area contributed by atoms with Gasteiger partial charge in [0.2, 0.25) is 5.91 Å². The van der Waals surface area contributed by atoms with Crippen LogP contribution in [0, 0.1) is 5.82 Å². The summed E-state index contributed by atoms with van der Waals surface area (Å²) in [6.45, 7) is 1.98. The van der Waals surface area contributed by atoms with Gasteiger partial charge in [0.05, 0.1) is 0 Å². The molecule has 0 aliphatic carbocycles. The number of hydrogen-bond acceptors (Lipinski definition) is 3. The Morgan fingerprint density at radius 3 is 2.58 bits per heavy atom. The van der Waals surface area contributed by atoms with Gasteiger partial charge in [-0.15, -0.1) is 11.8 Å². The van der Waals surface area contributed by atoms with Crippen LogP contribution in [0.1, 0.15) is 23.7 Å². The van der Waals surface area contributed by atoms with Crippen molar-refractivity contribution in [3.8, 4) is 0 Å². The Labute approximate surface area is 144 Å². The van der Waals surface area contributed by atoms with E-state index in [9.17, 15) is 14.0 Å². The van der Waals surface area contributed by atoms with Crippen molar-refractivity contribution in [3.63, 3.8) is 0 Å². The smallest absolute Gasteiger partial charge is 0.251 e. The molecule has 4 nitrogen and oxygen atoms in total. The van der Waals surface area contributed by atoms with E-state index in [1.54, 1.807) is 48.2 Å². The van der Waals surface area contributed by atoms with Gasteiger partial charge in [0.15, 0.2) is 0 Å². The summed E-state index contributed by atoms with van der Waals surface area (Å²) in [7, 11) is 0. The molecule has 0 atom stereocenters. The maximum atomic E-state index is 12.8. The van der Waals surface area contributed by atoms with Crippen LogP contribution < -0.4 is 10.6 Å². The molecule has 2 aromatic carbocycles. The highest BCUT2D eigenvalue weighted by Gasteiger charge is 2.06. The van der Waals surface area contributed by atoms with E-state index < -0.39 is 0 Å². The van der Waals surface area contributed by atoms with Crippen molar-refractivity contribution in [3.05, 3.63) is 59.9 Å². The average Bonchev–Trinajstić information content (AvgIpc) is 2.55. The van der Waals surface area contributed by atoms with Crippen molar-refractivity contribution in [2.45, 2.75) is 18.2 Å². The summed E-state index contributed by atoms with van der Waals surface area (Å²) in [5, 5.41) is 5.50. The summed E-state index contributed by atoms with van der Waals surface area (Å²) in [6.07, 6.45) is 0.805. The van der Waals surface area contributed by atoms with Crippen molar-refractivity contribution in [2.75, 3.05) is 17.6 Å². The lowest BCUT2D eigenvalue weighted by Gasteiger charge is -2.07. The van der Waals surface area contributed by atoms with Gasteiger partial charge in [-0.1, -0.05) is 6.07 Å². The fraction of sp³-hybridized carbons (Fsp3) is 0.222. The molecule has 0 saturated heterocycles. The molecule has 0 bridgehead atoms. The molecule has 0 aliphatic rings. The molecule has 0 unspecified atom stereocenters. The van der Waals surface area contributed by atoms with E-state index in [4.69, 9.17) is 0 Å². The van der Waals surface area contributed by atoms with Crippen LogP contribution in [0.4, 0.5) is 10.1 Å². The number of rotatable bonds is 7. The van der Waals surface area contributed by atoms with Crippen molar-refractivity contribution in [2.24, 2.45) is 0 Å². The largest absolute Gasteiger partial charge is 0.352 e. The molecule has 2 amide bonds. The second-order valence-electron chi connectivity index (χ2n) is 5.17. The second-order valence-corrected chi connectivity index (χ2v) is 6.34. The first-order valence-electron chi connectivity index (χ1n) is 7.59. The molecule has 126 valence electrons. The topological polar surface area (TPSA) is 58.2 Å². The molecule has 6 heteroatoms. The van der Waals surface area contributed by atoms with Crippen LogP contribution in [0.15, 0.2) is 53.4 Å². The lowest BCUT2D eigenvalue weighted by Crippen LogP contribution is -2.24. The van der Waals surface area contributed by atoms with Gasteiger partial charge in [0.25, 0.3) is 5.91 Å². The lowest BCUT2D eigenvalue weighted by atomic mass is 10.2. The zero-order valence-electron chi connectivity index (χ0n) is 13.3. The minimum atomic E-state index is -0.242. The third-order valence-corrected chi connectivity index (χ3v) is 4.23. The minimum absolute atomic E-state index is 0.172. The standard InChI is InChI=1S/C18H19FN2O2S/c1-13(22)21-16-5-2-4-14(12-16)18(23)20-10-3-11-24-17-8-6-15(19)7-9-17/h2,4-9,12H,3,10-11H2,1H3,(H,20,23)(H,21,22). The van der Waals surface area contributed by atoms with Crippen LogP contribution in [0.2, 0.25) is 0 Å². The number of nitrogens with one attached hydrogen (secondary N) is 2. The molecule has 0 aliphatic heterocycles. The van der Waals surface area contributed by atoms with Gasteiger partial charge in [0, 0.05) is 29.6 Å². The summed E-state index contributed by atoms with van der Waals surface area (Å²) in [4.78, 5) is 24.1. The van der Waals surface area contributed by atoms with Crippen LogP contribution in [0.3, 0.4) is 0 Å². The van der Waals surface area contributed by atoms with Crippen LogP contribution in [-0.2, 0) is 4.79 Å². The summed E-state index contributed by atoms with van der Waals surface area (Å²) < 4.78 is 12.8. The summed E-state index contributed by atoms with van der Waals surface area (Å²) >= 11 is 1.62. The molecule has 0 spiro atoms. The summed E-state index contributed by atoms with van der Waals surface area (Å²) in [6, 6.07) is 13.2. The second kappa shape index (κ2) is 9.08. The van der Waals surface area contributed by atoms with E-state index >= 15 is 0 Å². The molecule has 2 N–H and O–H groups in total. The summed E-state index contributed by atoms with van der Waals surface area (Å²) in [5.41, 5.74) is 1.11. The van der Waals surface area contributed by atoms with Gasteiger partial charge in [-0.3, -0.25) is 9.59 Å². The van der Waals surface area contributed by atoms with E-state index in [2.05, 4.69) is 10.6 Å². The Morgan fingerprint density at radius 2 is 1.88 bits per heavy atom. The molecule has 0 fully saturated rings. The molecule has 0 heterocycles. The number of thioether (sulfide) groups is 1. The third-order valence-electron chi connectivity index (χ3n) is 3.13. The Kier molecular flexibility index (Phi) is 6.81. The zero-order valence-corrected chi connectivity index (χ0v) is 14.2. The van der Waals surface area contributed by atoms with Crippen molar-refractivity contribution < 1.29 is 14.0 Å². The number of halogens is 1. The van der Waals surface area contributed by atoms with E-state index in [0.29, 0.717) is 17.8 Å². The first-order chi connectivity index (χ1) is 11.5. The highest BCUT2D eigenvalue weighted by Crippen LogP contribution is 2.18. The van der Waals surface area contributed by atoms with Crippen LogP contribution in [0.5, 0.6) is 0 Å². The van der Waals surface area contributed by atoms with Crippen molar-refractivity contribution in [1.82, 2.24) is 5.32 Å². The molecule has 0 radical (unpaired) electrons. The fourth-order valence-electron chi connectivity index (χ4n) is 2.04. The van der Waals surface area contributed by atoms with Gasteiger partial charge in [-0.2, -0.15) is 0 Å². The van der Waals surface area contributed by atoms with Crippen molar-refractivity contribution >= 4 is 29.3 Å². The zero-order chi connectivity index (χ0) is 17.4. The Balaban J connectivity index is 1.73. The number of hydrogen-bond donors (Lipinski definition) is 2. The highest BCUT2D eigenvalue weighted by atomic mass is 32.2. The number of amides is 2. The normalized spacial score (nSPS) is 10.2. The van der Waals surface area contributed by atoms with Gasteiger partial charge in [0.1, 0.15) is 5.82 Å². The van der Waals surface area contributed by atoms with E-state index in [-0.39, 0.29) is 17.6 Å². The van der Waals surface area contributed by atoms with Gasteiger partial charge in [-0.25, -0.2) is 4.39 Å². The fourth-order valence-corrected chi connectivity index (χ4v) is 2.89. The molecule has 2 rings (SSSR count). The third kappa shape index (κ3) is 6.04. The van der Waals surface area contributed by atoms with E-state index in [0.717, 1.165) is 17.1 Å². The molecule has 0 aromatic heterocycles. The molecule has 2 aromatic rings. The predicted molar refractivity (Wildman–Crippen MR) is 94.8 cm³/mol. The Bertz CT molecular complexity index is 704. The Hall–Kier alpha value is -2.34. The van der Waals surface area contributed by atoms with Crippen molar-refractivity contribution in [1.29, 1.82) is 0 Å². The molecular formula is C18H19FN2O2S. The highest BCUT2D eigenvalue weighted by molar-refractivity contribution is 7.99. The SMILES string of the molecule is CC(=O)Nc1cccc(C(=O)NCCCSc2ccc(F)cc2)c1. The number of benzene rings is 2. The first-order valence-corrected chi connectivity index (χ1v) is 8.57. The minimum Gasteiger partial charge on any atom is -0.352 e. The average molecular weight is 346 g/mol. The Morgan fingerprint density at radius 1 is 1.12 bits per heavy atom. The molecular weight excluding hydrogens is 327 g/mol. The van der Waals surface area contributed by atoms with Gasteiger partial charge in [-0.05, 0) is 54.6 Å². The summed E-state index contributed by atoms with van der Waals surface area (Å²) in [5.74, 6) is 0.241. The first kappa shape index (κ1) is 18.0. The maximum absolute atomic E-state index is 12.8. The molecule has 24 heavy (non-hydrogen) atoms. The van der Waals surface area contributed by atoms with Gasteiger partial charge < -0.3 is 10.6 Å². The number of carbonyl (C=O) groups is 2. The quantitative estimate of drug-likeness (QED) is 0.594. The maximum Gasteiger partial charge on any atom is 0.251 e. The van der Waals surface area contributed by atoms with E-state index in [1.165, 1.54) is 19.1 Å². The number of anilines is 1. The predicted octanol–water partition coefficient (Wildman–Crippen LogP) is 3.70. The van der Waals surface area contributed by atoms with Crippen LogP contribution in [-0.4, -0.2) is 24.1 Å². The van der Waals surface area contributed by atoms with E-state index in [1.807, 2.05) is 0 Å².